The summed E-state index contributed by atoms with van der Waals surface area (Å²) in [4.78, 5) is 0. The van der Waals surface area contributed by atoms with Crippen molar-refractivity contribution in [1.29, 1.82) is 0 Å². The SMILES string of the molecule is CCCNC(c1cscc1C)c1cc(C)ccc1C. The van der Waals surface area contributed by atoms with E-state index in [0.717, 1.165) is 13.0 Å². The third-order valence-corrected chi connectivity index (χ3v) is 4.43. The van der Waals surface area contributed by atoms with Crippen LogP contribution in [0.25, 0.3) is 0 Å². The number of hydrogen-bond donors (Lipinski definition) is 1. The molecule has 1 atom stereocenters. The predicted molar refractivity (Wildman–Crippen MR) is 85.1 cm³/mol. The summed E-state index contributed by atoms with van der Waals surface area (Å²) < 4.78 is 0. The summed E-state index contributed by atoms with van der Waals surface area (Å²) in [5.41, 5.74) is 6.92. The van der Waals surface area contributed by atoms with Crippen LogP contribution >= 0.6 is 11.3 Å². The van der Waals surface area contributed by atoms with Crippen molar-refractivity contribution in [2.75, 3.05) is 6.54 Å². The smallest absolute Gasteiger partial charge is 0.0590 e. The standard InChI is InChI=1S/C17H23NS/c1-5-8-18-17(16-11-19-10-14(16)4)15-9-12(2)6-7-13(15)3/h6-7,9-11,17-18H,5,8H2,1-4H3. The average Bonchev–Trinajstić information content (AvgIpc) is 2.80. The molecule has 0 saturated heterocycles. The Kier molecular flexibility index (Phi) is 4.78. The first-order chi connectivity index (χ1) is 9.13. The second kappa shape index (κ2) is 6.36. The molecule has 0 fully saturated rings. The summed E-state index contributed by atoms with van der Waals surface area (Å²) in [7, 11) is 0. The first-order valence-corrected chi connectivity index (χ1v) is 7.91. The van der Waals surface area contributed by atoms with Crippen molar-refractivity contribution in [1.82, 2.24) is 5.32 Å². The lowest BCUT2D eigenvalue weighted by molar-refractivity contribution is 0.595. The lowest BCUT2D eigenvalue weighted by Crippen LogP contribution is -2.24. The van der Waals surface area contributed by atoms with Gasteiger partial charge in [0.2, 0.25) is 0 Å². The molecule has 0 saturated carbocycles. The van der Waals surface area contributed by atoms with Crippen LogP contribution in [0.3, 0.4) is 0 Å². The van der Waals surface area contributed by atoms with Crippen LogP contribution in [0.2, 0.25) is 0 Å². The van der Waals surface area contributed by atoms with Crippen LogP contribution in [-0.2, 0) is 0 Å². The van der Waals surface area contributed by atoms with E-state index in [1.54, 1.807) is 11.3 Å². The Bertz CT molecular complexity index is 542. The van der Waals surface area contributed by atoms with Crippen LogP contribution in [0.15, 0.2) is 29.0 Å². The Morgan fingerprint density at radius 3 is 2.47 bits per heavy atom. The highest BCUT2D eigenvalue weighted by Gasteiger charge is 2.18. The van der Waals surface area contributed by atoms with Crippen molar-refractivity contribution in [3.63, 3.8) is 0 Å². The fourth-order valence-corrected chi connectivity index (χ4v) is 3.29. The second-order valence-corrected chi connectivity index (χ2v) is 6.00. The van der Waals surface area contributed by atoms with Gasteiger partial charge in [0.1, 0.15) is 0 Å². The maximum Gasteiger partial charge on any atom is 0.0590 e. The van der Waals surface area contributed by atoms with Crippen LogP contribution < -0.4 is 5.32 Å². The lowest BCUT2D eigenvalue weighted by atomic mass is 9.93. The summed E-state index contributed by atoms with van der Waals surface area (Å²) in [5.74, 6) is 0. The van der Waals surface area contributed by atoms with Gasteiger partial charge in [0.25, 0.3) is 0 Å². The zero-order valence-corrected chi connectivity index (χ0v) is 13.1. The molecule has 0 amide bonds. The summed E-state index contributed by atoms with van der Waals surface area (Å²) >= 11 is 1.79. The van der Waals surface area contributed by atoms with Gasteiger partial charge in [0, 0.05) is 0 Å². The van der Waals surface area contributed by atoms with E-state index >= 15 is 0 Å². The molecule has 0 bridgehead atoms. The minimum absolute atomic E-state index is 0.325. The van der Waals surface area contributed by atoms with Gasteiger partial charge in [-0.3, -0.25) is 0 Å². The molecule has 1 aromatic heterocycles. The molecule has 1 unspecified atom stereocenters. The quantitative estimate of drug-likeness (QED) is 0.828. The Morgan fingerprint density at radius 2 is 1.84 bits per heavy atom. The number of hydrogen-bond acceptors (Lipinski definition) is 2. The largest absolute Gasteiger partial charge is 0.306 e. The molecule has 0 aliphatic rings. The van der Waals surface area contributed by atoms with Crippen molar-refractivity contribution in [3.8, 4) is 0 Å². The van der Waals surface area contributed by atoms with Gasteiger partial charge < -0.3 is 5.32 Å². The number of aryl methyl sites for hydroxylation is 3. The zero-order valence-electron chi connectivity index (χ0n) is 12.3. The van der Waals surface area contributed by atoms with Gasteiger partial charge in [-0.1, -0.05) is 30.7 Å². The summed E-state index contributed by atoms with van der Waals surface area (Å²) in [6.45, 7) is 9.84. The molecule has 102 valence electrons. The van der Waals surface area contributed by atoms with Crippen LogP contribution in [-0.4, -0.2) is 6.54 Å². The number of nitrogens with one attached hydrogen (secondary N) is 1. The van der Waals surface area contributed by atoms with Crippen LogP contribution in [0.4, 0.5) is 0 Å². The highest BCUT2D eigenvalue weighted by Crippen LogP contribution is 2.30. The summed E-state index contributed by atoms with van der Waals surface area (Å²) in [6, 6.07) is 7.06. The van der Waals surface area contributed by atoms with E-state index in [1.165, 1.54) is 27.8 Å². The molecule has 0 aliphatic carbocycles. The Hall–Kier alpha value is -1.12. The van der Waals surface area contributed by atoms with Crippen LogP contribution in [0, 0.1) is 20.8 Å². The molecule has 2 aromatic rings. The number of benzene rings is 1. The number of rotatable bonds is 5. The zero-order chi connectivity index (χ0) is 13.8. The molecule has 19 heavy (non-hydrogen) atoms. The summed E-state index contributed by atoms with van der Waals surface area (Å²) in [5, 5.41) is 8.22. The Balaban J connectivity index is 2.42. The molecular weight excluding hydrogens is 250 g/mol. The van der Waals surface area contributed by atoms with Gasteiger partial charge in [-0.05, 0) is 66.8 Å². The fourth-order valence-electron chi connectivity index (χ4n) is 2.41. The van der Waals surface area contributed by atoms with Gasteiger partial charge in [-0.15, -0.1) is 0 Å². The van der Waals surface area contributed by atoms with E-state index < -0.39 is 0 Å². The monoisotopic (exact) mass is 273 g/mol. The molecule has 2 heteroatoms. The second-order valence-electron chi connectivity index (χ2n) is 5.26. The maximum absolute atomic E-state index is 3.70. The van der Waals surface area contributed by atoms with Crippen molar-refractivity contribution < 1.29 is 0 Å². The van der Waals surface area contributed by atoms with Crippen LogP contribution in [0.5, 0.6) is 0 Å². The Morgan fingerprint density at radius 1 is 1.05 bits per heavy atom. The maximum atomic E-state index is 3.70. The van der Waals surface area contributed by atoms with Crippen molar-refractivity contribution >= 4 is 11.3 Å². The predicted octanol–water partition coefficient (Wildman–Crippen LogP) is 4.76. The Labute approximate surface area is 120 Å². The highest BCUT2D eigenvalue weighted by atomic mass is 32.1. The molecule has 0 aliphatic heterocycles. The van der Waals surface area contributed by atoms with Crippen LogP contribution in [0.1, 0.15) is 47.2 Å². The molecule has 1 nitrogen and oxygen atoms in total. The van der Waals surface area contributed by atoms with E-state index in [-0.39, 0.29) is 0 Å². The third kappa shape index (κ3) is 3.26. The average molecular weight is 273 g/mol. The third-order valence-electron chi connectivity index (χ3n) is 3.55. The van der Waals surface area contributed by atoms with E-state index in [2.05, 4.69) is 62.0 Å². The topological polar surface area (TPSA) is 12.0 Å². The van der Waals surface area contributed by atoms with Gasteiger partial charge in [-0.2, -0.15) is 11.3 Å². The molecule has 1 N–H and O–H groups in total. The molecule has 2 rings (SSSR count). The normalized spacial score (nSPS) is 12.6. The fraction of sp³-hybridized carbons (Fsp3) is 0.412. The van der Waals surface area contributed by atoms with Crippen molar-refractivity contribution in [2.45, 2.75) is 40.2 Å². The van der Waals surface area contributed by atoms with Crippen molar-refractivity contribution in [2.24, 2.45) is 0 Å². The molecule has 0 spiro atoms. The van der Waals surface area contributed by atoms with E-state index in [1.807, 2.05) is 0 Å². The van der Waals surface area contributed by atoms with E-state index in [0.29, 0.717) is 6.04 Å². The van der Waals surface area contributed by atoms with Gasteiger partial charge in [0.15, 0.2) is 0 Å². The minimum atomic E-state index is 0.325. The number of thiophene rings is 1. The first-order valence-electron chi connectivity index (χ1n) is 6.96. The molecule has 0 radical (unpaired) electrons. The highest BCUT2D eigenvalue weighted by molar-refractivity contribution is 7.08. The molecule has 1 aromatic carbocycles. The van der Waals surface area contributed by atoms with Gasteiger partial charge >= 0.3 is 0 Å². The van der Waals surface area contributed by atoms with E-state index in [4.69, 9.17) is 0 Å². The first kappa shape index (κ1) is 14.3. The van der Waals surface area contributed by atoms with Gasteiger partial charge in [-0.25, -0.2) is 0 Å². The van der Waals surface area contributed by atoms with Gasteiger partial charge in [0.05, 0.1) is 6.04 Å². The molecular formula is C17H23NS. The minimum Gasteiger partial charge on any atom is -0.306 e. The summed E-state index contributed by atoms with van der Waals surface area (Å²) in [6.07, 6.45) is 1.16. The van der Waals surface area contributed by atoms with Crippen molar-refractivity contribution in [3.05, 3.63) is 56.8 Å². The molecule has 1 heterocycles. The van der Waals surface area contributed by atoms with E-state index in [9.17, 15) is 0 Å². The lowest BCUT2D eigenvalue weighted by Gasteiger charge is -2.22.